The molecule has 2 heteroatoms. The Balaban J connectivity index is 1.95. The molecule has 3 unspecified atom stereocenters. The number of hydrogen-bond acceptors (Lipinski definition) is 2. The van der Waals surface area contributed by atoms with Gasteiger partial charge in [-0.05, 0) is 50.8 Å². The standard InChI is InChI=1S/C17H28N2/c1-13-11-15(3)19(12-13)10-9-17(18-4)16-8-6-5-7-14(16)2/h5-8,13,15,17-18H,9-12H2,1-4H3. The van der Waals surface area contributed by atoms with Gasteiger partial charge in [-0.1, -0.05) is 31.2 Å². The zero-order valence-corrected chi connectivity index (χ0v) is 12.8. The average Bonchev–Trinajstić information content (AvgIpc) is 2.70. The fraction of sp³-hybridized carbons (Fsp3) is 0.647. The highest BCUT2D eigenvalue weighted by atomic mass is 15.2. The topological polar surface area (TPSA) is 15.3 Å². The highest BCUT2D eigenvalue weighted by molar-refractivity contribution is 5.28. The van der Waals surface area contributed by atoms with E-state index in [0.29, 0.717) is 6.04 Å². The highest BCUT2D eigenvalue weighted by Crippen LogP contribution is 2.25. The van der Waals surface area contributed by atoms with Crippen molar-refractivity contribution in [3.05, 3.63) is 35.4 Å². The SMILES string of the molecule is CNC(CCN1CC(C)CC1C)c1ccccc1C. The van der Waals surface area contributed by atoms with E-state index in [1.807, 2.05) is 0 Å². The number of nitrogens with zero attached hydrogens (tertiary/aromatic N) is 1. The molecule has 1 aromatic rings. The Kier molecular flexibility index (Phi) is 5.00. The molecule has 1 fully saturated rings. The van der Waals surface area contributed by atoms with Crippen molar-refractivity contribution in [3.63, 3.8) is 0 Å². The molecule has 0 aromatic heterocycles. The quantitative estimate of drug-likeness (QED) is 0.873. The Labute approximate surface area is 118 Å². The van der Waals surface area contributed by atoms with Gasteiger partial charge in [-0.25, -0.2) is 0 Å². The van der Waals surface area contributed by atoms with E-state index in [2.05, 4.69) is 62.3 Å². The van der Waals surface area contributed by atoms with Gasteiger partial charge in [-0.2, -0.15) is 0 Å². The molecule has 1 N–H and O–H groups in total. The third kappa shape index (κ3) is 3.58. The summed E-state index contributed by atoms with van der Waals surface area (Å²) in [6.07, 6.45) is 2.55. The number of benzene rings is 1. The monoisotopic (exact) mass is 260 g/mol. The van der Waals surface area contributed by atoms with Gasteiger partial charge in [0, 0.05) is 25.2 Å². The first-order chi connectivity index (χ1) is 9.11. The van der Waals surface area contributed by atoms with Crippen molar-refractivity contribution in [2.24, 2.45) is 5.92 Å². The van der Waals surface area contributed by atoms with Crippen LogP contribution in [0.15, 0.2) is 24.3 Å². The smallest absolute Gasteiger partial charge is 0.0332 e. The minimum absolute atomic E-state index is 0.476. The molecule has 1 saturated heterocycles. The van der Waals surface area contributed by atoms with Crippen LogP contribution in [-0.4, -0.2) is 31.1 Å². The van der Waals surface area contributed by atoms with Crippen LogP contribution >= 0.6 is 0 Å². The number of likely N-dealkylation sites (tertiary alicyclic amines) is 1. The maximum Gasteiger partial charge on any atom is 0.0332 e. The van der Waals surface area contributed by atoms with Crippen LogP contribution in [0.2, 0.25) is 0 Å². The van der Waals surface area contributed by atoms with E-state index in [0.717, 1.165) is 12.0 Å². The van der Waals surface area contributed by atoms with Crippen LogP contribution < -0.4 is 5.32 Å². The number of aryl methyl sites for hydroxylation is 1. The molecule has 106 valence electrons. The molecule has 3 atom stereocenters. The van der Waals surface area contributed by atoms with Gasteiger partial charge >= 0.3 is 0 Å². The summed E-state index contributed by atoms with van der Waals surface area (Å²) in [4.78, 5) is 2.65. The Bertz CT molecular complexity index is 402. The van der Waals surface area contributed by atoms with Gasteiger partial charge in [0.2, 0.25) is 0 Å². The summed E-state index contributed by atoms with van der Waals surface area (Å²) >= 11 is 0. The maximum atomic E-state index is 3.48. The van der Waals surface area contributed by atoms with Crippen molar-refractivity contribution in [1.82, 2.24) is 10.2 Å². The summed E-state index contributed by atoms with van der Waals surface area (Å²) in [5, 5.41) is 3.48. The fourth-order valence-electron chi connectivity index (χ4n) is 3.43. The molecule has 19 heavy (non-hydrogen) atoms. The van der Waals surface area contributed by atoms with E-state index in [1.165, 1.54) is 37.1 Å². The lowest BCUT2D eigenvalue weighted by Crippen LogP contribution is -2.31. The summed E-state index contributed by atoms with van der Waals surface area (Å²) in [5.74, 6) is 0.862. The minimum atomic E-state index is 0.476. The van der Waals surface area contributed by atoms with Gasteiger partial charge in [0.1, 0.15) is 0 Å². The second-order valence-electron chi connectivity index (χ2n) is 6.17. The largest absolute Gasteiger partial charge is 0.313 e. The highest BCUT2D eigenvalue weighted by Gasteiger charge is 2.26. The summed E-state index contributed by atoms with van der Waals surface area (Å²) in [5.41, 5.74) is 2.84. The van der Waals surface area contributed by atoms with Gasteiger partial charge in [0.05, 0.1) is 0 Å². The molecule has 1 aliphatic heterocycles. The number of hydrogen-bond donors (Lipinski definition) is 1. The summed E-state index contributed by atoms with van der Waals surface area (Å²) in [6.45, 7) is 9.41. The maximum absolute atomic E-state index is 3.48. The van der Waals surface area contributed by atoms with Crippen molar-refractivity contribution in [1.29, 1.82) is 0 Å². The first kappa shape index (κ1) is 14.5. The third-order valence-electron chi connectivity index (χ3n) is 4.53. The van der Waals surface area contributed by atoms with Crippen molar-refractivity contribution in [2.45, 2.75) is 45.7 Å². The van der Waals surface area contributed by atoms with E-state index in [1.54, 1.807) is 0 Å². The van der Waals surface area contributed by atoms with E-state index >= 15 is 0 Å². The van der Waals surface area contributed by atoms with Gasteiger partial charge in [0.25, 0.3) is 0 Å². The van der Waals surface area contributed by atoms with Crippen LogP contribution in [-0.2, 0) is 0 Å². The first-order valence-electron chi connectivity index (χ1n) is 7.58. The molecule has 2 rings (SSSR count). The van der Waals surface area contributed by atoms with Gasteiger partial charge in [-0.3, -0.25) is 0 Å². The van der Waals surface area contributed by atoms with Crippen molar-refractivity contribution < 1.29 is 0 Å². The molecule has 0 spiro atoms. The fourth-order valence-corrected chi connectivity index (χ4v) is 3.43. The summed E-state index contributed by atoms with van der Waals surface area (Å²) < 4.78 is 0. The zero-order chi connectivity index (χ0) is 13.8. The van der Waals surface area contributed by atoms with Gasteiger partial charge in [0.15, 0.2) is 0 Å². The molecule has 0 bridgehead atoms. The molecule has 2 nitrogen and oxygen atoms in total. The summed E-state index contributed by atoms with van der Waals surface area (Å²) in [7, 11) is 2.08. The van der Waals surface area contributed by atoms with E-state index < -0.39 is 0 Å². The van der Waals surface area contributed by atoms with E-state index in [4.69, 9.17) is 0 Å². The zero-order valence-electron chi connectivity index (χ0n) is 12.8. The lowest BCUT2D eigenvalue weighted by molar-refractivity contribution is 0.250. The number of rotatable bonds is 5. The lowest BCUT2D eigenvalue weighted by atomic mass is 9.98. The first-order valence-corrected chi connectivity index (χ1v) is 7.58. The molecule has 0 aliphatic carbocycles. The van der Waals surface area contributed by atoms with Crippen LogP contribution in [0, 0.1) is 12.8 Å². The molecular formula is C17H28N2. The van der Waals surface area contributed by atoms with Crippen molar-refractivity contribution in [2.75, 3.05) is 20.1 Å². The number of nitrogens with one attached hydrogen (secondary N) is 1. The van der Waals surface area contributed by atoms with Crippen LogP contribution in [0.5, 0.6) is 0 Å². The normalized spacial score (nSPS) is 25.7. The van der Waals surface area contributed by atoms with Gasteiger partial charge < -0.3 is 10.2 Å². The van der Waals surface area contributed by atoms with E-state index in [-0.39, 0.29) is 0 Å². The van der Waals surface area contributed by atoms with Crippen LogP contribution in [0.4, 0.5) is 0 Å². The molecule has 1 aromatic carbocycles. The van der Waals surface area contributed by atoms with Crippen LogP contribution in [0.25, 0.3) is 0 Å². The Morgan fingerprint density at radius 3 is 2.63 bits per heavy atom. The van der Waals surface area contributed by atoms with E-state index in [9.17, 15) is 0 Å². The molecule has 1 aliphatic rings. The molecule has 0 radical (unpaired) electrons. The predicted molar refractivity (Wildman–Crippen MR) is 82.4 cm³/mol. The minimum Gasteiger partial charge on any atom is -0.313 e. The molecule has 0 amide bonds. The summed E-state index contributed by atoms with van der Waals surface area (Å²) in [6, 6.07) is 9.96. The van der Waals surface area contributed by atoms with Crippen molar-refractivity contribution in [3.8, 4) is 0 Å². The lowest BCUT2D eigenvalue weighted by Gasteiger charge is -2.25. The second-order valence-corrected chi connectivity index (χ2v) is 6.17. The average molecular weight is 260 g/mol. The molecular weight excluding hydrogens is 232 g/mol. The van der Waals surface area contributed by atoms with Gasteiger partial charge in [-0.15, -0.1) is 0 Å². The molecule has 0 saturated carbocycles. The predicted octanol–water partition coefficient (Wildman–Crippen LogP) is 3.38. The Hall–Kier alpha value is -0.860. The van der Waals surface area contributed by atoms with Crippen molar-refractivity contribution >= 4 is 0 Å². The Morgan fingerprint density at radius 2 is 2.05 bits per heavy atom. The van der Waals surface area contributed by atoms with Crippen LogP contribution in [0.3, 0.4) is 0 Å². The Morgan fingerprint density at radius 1 is 1.32 bits per heavy atom. The second kappa shape index (κ2) is 6.53. The van der Waals surface area contributed by atoms with Crippen LogP contribution in [0.1, 0.15) is 43.9 Å². The third-order valence-corrected chi connectivity index (χ3v) is 4.53. The molecule has 1 heterocycles.